The number of carbonyl (C=O) groups is 1. The van der Waals surface area contributed by atoms with Gasteiger partial charge in [0.1, 0.15) is 5.82 Å². The standard InChI is InChI=1S/C24H25F4N5O/c1-15-5-7-22(33-30-9-10-31-33)18(12-15)23(34)32-11-3-4-16(2)21(32)8-6-20-19(25)13-17(14-29-20)24(26,27)28/h5,7,9-10,12-14,16,21H,3-4,6,8,11H2,1-2H3/t16-,21-/m1/s1. The number of rotatable bonds is 5. The van der Waals surface area contributed by atoms with Crippen molar-refractivity contribution in [3.63, 3.8) is 0 Å². The van der Waals surface area contributed by atoms with E-state index in [2.05, 4.69) is 15.2 Å². The van der Waals surface area contributed by atoms with Crippen LogP contribution in [0.4, 0.5) is 17.6 Å². The first-order chi connectivity index (χ1) is 16.1. The lowest BCUT2D eigenvalue weighted by Gasteiger charge is -2.40. The number of aryl methyl sites for hydroxylation is 2. The van der Waals surface area contributed by atoms with Gasteiger partial charge in [-0.05, 0) is 56.7 Å². The second-order valence-electron chi connectivity index (χ2n) is 8.71. The Bertz CT molecular complexity index is 1160. The molecule has 1 saturated heterocycles. The molecule has 1 fully saturated rings. The molecule has 0 radical (unpaired) electrons. The minimum Gasteiger partial charge on any atom is -0.335 e. The van der Waals surface area contributed by atoms with E-state index in [1.165, 1.54) is 17.2 Å². The number of piperidine rings is 1. The Morgan fingerprint density at radius 1 is 1.18 bits per heavy atom. The van der Waals surface area contributed by atoms with E-state index in [1.54, 1.807) is 17.0 Å². The summed E-state index contributed by atoms with van der Waals surface area (Å²) in [6, 6.07) is 5.75. The van der Waals surface area contributed by atoms with Crippen LogP contribution in [0.15, 0.2) is 42.9 Å². The Morgan fingerprint density at radius 2 is 1.91 bits per heavy atom. The molecule has 3 aromatic rings. The van der Waals surface area contributed by atoms with Crippen LogP contribution in [0, 0.1) is 18.7 Å². The van der Waals surface area contributed by atoms with Crippen LogP contribution in [0.3, 0.4) is 0 Å². The van der Waals surface area contributed by atoms with Gasteiger partial charge in [0.2, 0.25) is 0 Å². The molecule has 2 aromatic heterocycles. The molecular weight excluding hydrogens is 450 g/mol. The van der Waals surface area contributed by atoms with Gasteiger partial charge in [-0.2, -0.15) is 28.2 Å². The van der Waals surface area contributed by atoms with Crippen LogP contribution in [0.2, 0.25) is 0 Å². The van der Waals surface area contributed by atoms with Gasteiger partial charge in [0.05, 0.1) is 34.9 Å². The van der Waals surface area contributed by atoms with E-state index in [-0.39, 0.29) is 30.0 Å². The van der Waals surface area contributed by atoms with Crippen molar-refractivity contribution in [2.24, 2.45) is 5.92 Å². The molecule has 0 spiro atoms. The predicted octanol–water partition coefficient (Wildman–Crippen LogP) is 5.00. The quantitative estimate of drug-likeness (QED) is 0.487. The van der Waals surface area contributed by atoms with Gasteiger partial charge in [0.25, 0.3) is 5.91 Å². The van der Waals surface area contributed by atoms with Gasteiger partial charge in [-0.3, -0.25) is 9.78 Å². The van der Waals surface area contributed by atoms with Crippen molar-refractivity contribution >= 4 is 5.91 Å². The van der Waals surface area contributed by atoms with Gasteiger partial charge in [-0.15, -0.1) is 0 Å². The Morgan fingerprint density at radius 3 is 2.59 bits per heavy atom. The van der Waals surface area contributed by atoms with Crippen molar-refractivity contribution in [2.75, 3.05) is 6.54 Å². The van der Waals surface area contributed by atoms with Crippen LogP contribution >= 0.6 is 0 Å². The van der Waals surface area contributed by atoms with Crippen molar-refractivity contribution in [1.29, 1.82) is 0 Å². The van der Waals surface area contributed by atoms with Crippen molar-refractivity contribution in [2.45, 2.75) is 51.7 Å². The Hall–Kier alpha value is -3.30. The van der Waals surface area contributed by atoms with Crippen LogP contribution in [0.5, 0.6) is 0 Å². The highest BCUT2D eigenvalue weighted by atomic mass is 19.4. The molecule has 2 atom stereocenters. The van der Waals surface area contributed by atoms with Gasteiger partial charge < -0.3 is 4.90 Å². The summed E-state index contributed by atoms with van der Waals surface area (Å²) in [4.78, 5) is 20.6. The van der Waals surface area contributed by atoms with Crippen molar-refractivity contribution < 1.29 is 22.4 Å². The molecule has 4 rings (SSSR count). The molecule has 1 aliphatic rings. The zero-order valence-corrected chi connectivity index (χ0v) is 18.9. The fourth-order valence-electron chi connectivity index (χ4n) is 4.52. The number of hydrogen-bond acceptors (Lipinski definition) is 4. The lowest BCUT2D eigenvalue weighted by atomic mass is 9.86. The summed E-state index contributed by atoms with van der Waals surface area (Å²) in [7, 11) is 0. The summed E-state index contributed by atoms with van der Waals surface area (Å²) in [5, 5.41) is 8.31. The maximum atomic E-state index is 14.3. The maximum Gasteiger partial charge on any atom is 0.417 e. The third kappa shape index (κ3) is 4.95. The van der Waals surface area contributed by atoms with E-state index >= 15 is 0 Å². The van der Waals surface area contributed by atoms with Gasteiger partial charge >= 0.3 is 6.18 Å². The number of carbonyl (C=O) groups excluding carboxylic acids is 1. The highest BCUT2D eigenvalue weighted by molar-refractivity contribution is 5.98. The van der Waals surface area contributed by atoms with Crippen molar-refractivity contribution in [1.82, 2.24) is 24.9 Å². The molecule has 0 aliphatic carbocycles. The number of pyridine rings is 1. The average molecular weight is 475 g/mol. The monoisotopic (exact) mass is 475 g/mol. The lowest BCUT2D eigenvalue weighted by molar-refractivity contribution is -0.138. The molecule has 180 valence electrons. The molecule has 0 saturated carbocycles. The molecule has 10 heteroatoms. The summed E-state index contributed by atoms with van der Waals surface area (Å²) in [6.07, 6.45) is 1.32. The van der Waals surface area contributed by atoms with E-state index in [0.29, 0.717) is 36.5 Å². The number of alkyl halides is 3. The molecule has 0 N–H and O–H groups in total. The first kappa shape index (κ1) is 23.8. The van der Waals surface area contributed by atoms with Gasteiger partial charge in [0.15, 0.2) is 0 Å². The van der Waals surface area contributed by atoms with Gasteiger partial charge in [0, 0.05) is 18.8 Å². The molecule has 1 aliphatic heterocycles. The Labute approximate surface area is 194 Å². The van der Waals surface area contributed by atoms with E-state index in [0.717, 1.165) is 18.4 Å². The molecule has 0 unspecified atom stereocenters. The minimum atomic E-state index is -4.65. The number of aromatic nitrogens is 4. The van der Waals surface area contributed by atoms with Gasteiger partial charge in [-0.25, -0.2) is 4.39 Å². The fraction of sp³-hybridized carbons (Fsp3) is 0.417. The molecule has 1 amide bonds. The van der Waals surface area contributed by atoms with Crippen LogP contribution in [0.25, 0.3) is 5.69 Å². The summed E-state index contributed by atoms with van der Waals surface area (Å²) in [5.74, 6) is -1.01. The molecular formula is C24H25F4N5O. The van der Waals surface area contributed by atoms with Crippen LogP contribution in [-0.4, -0.2) is 43.4 Å². The maximum absolute atomic E-state index is 14.3. The number of likely N-dealkylation sites (tertiary alicyclic amines) is 1. The summed E-state index contributed by atoms with van der Waals surface area (Å²) in [5.41, 5.74) is 0.796. The third-order valence-corrected chi connectivity index (χ3v) is 6.31. The zero-order chi connectivity index (χ0) is 24.5. The Kier molecular flexibility index (Phi) is 6.67. The first-order valence-corrected chi connectivity index (χ1v) is 11.1. The van der Waals surface area contributed by atoms with Gasteiger partial charge in [-0.1, -0.05) is 18.6 Å². The largest absolute Gasteiger partial charge is 0.417 e. The number of nitrogens with zero attached hydrogens (tertiary/aromatic N) is 5. The predicted molar refractivity (Wildman–Crippen MR) is 117 cm³/mol. The van der Waals surface area contributed by atoms with E-state index in [4.69, 9.17) is 0 Å². The SMILES string of the molecule is Cc1ccc(-n2nccn2)c(C(=O)N2CCC[C@@H](C)[C@H]2CCc2ncc(C(F)(F)F)cc2F)c1. The summed E-state index contributed by atoms with van der Waals surface area (Å²) < 4.78 is 52.8. The minimum absolute atomic E-state index is 0.0323. The molecule has 34 heavy (non-hydrogen) atoms. The number of hydrogen-bond donors (Lipinski definition) is 0. The normalized spacial score (nSPS) is 18.8. The topological polar surface area (TPSA) is 63.9 Å². The smallest absolute Gasteiger partial charge is 0.335 e. The number of benzene rings is 1. The van der Waals surface area contributed by atoms with Crippen LogP contribution < -0.4 is 0 Å². The van der Waals surface area contributed by atoms with E-state index in [1.807, 2.05) is 19.9 Å². The summed E-state index contributed by atoms with van der Waals surface area (Å²) >= 11 is 0. The van der Waals surface area contributed by atoms with Crippen molar-refractivity contribution in [3.8, 4) is 5.69 Å². The van der Waals surface area contributed by atoms with Crippen LogP contribution in [-0.2, 0) is 12.6 Å². The average Bonchev–Trinajstić information content (AvgIpc) is 3.32. The fourth-order valence-corrected chi connectivity index (χ4v) is 4.52. The van der Waals surface area contributed by atoms with Crippen LogP contribution in [0.1, 0.15) is 53.4 Å². The second kappa shape index (κ2) is 9.52. The zero-order valence-electron chi connectivity index (χ0n) is 18.9. The second-order valence-corrected chi connectivity index (χ2v) is 8.71. The van der Waals surface area contributed by atoms with E-state index in [9.17, 15) is 22.4 Å². The highest BCUT2D eigenvalue weighted by Crippen LogP contribution is 2.32. The third-order valence-electron chi connectivity index (χ3n) is 6.31. The Balaban J connectivity index is 1.58. The molecule has 0 bridgehead atoms. The molecule has 1 aromatic carbocycles. The first-order valence-electron chi connectivity index (χ1n) is 11.1. The van der Waals surface area contributed by atoms with E-state index < -0.39 is 17.6 Å². The number of amides is 1. The molecule has 3 heterocycles. The number of halogens is 4. The highest BCUT2D eigenvalue weighted by Gasteiger charge is 2.35. The van der Waals surface area contributed by atoms with Crippen molar-refractivity contribution in [3.05, 3.63) is 71.1 Å². The summed E-state index contributed by atoms with van der Waals surface area (Å²) in [6.45, 7) is 4.47. The molecule has 6 nitrogen and oxygen atoms in total. The lowest BCUT2D eigenvalue weighted by Crippen LogP contribution is -2.48.